The average molecular weight is 354 g/mol. The van der Waals surface area contributed by atoms with Gasteiger partial charge in [-0.3, -0.25) is 4.98 Å². The lowest BCUT2D eigenvalue weighted by Crippen LogP contribution is -1.98. The van der Waals surface area contributed by atoms with Gasteiger partial charge in [0.05, 0.1) is 11.0 Å². The van der Waals surface area contributed by atoms with Crippen LogP contribution in [0.25, 0.3) is 37.6 Å². The molecule has 0 saturated carbocycles. The zero-order valence-electron chi connectivity index (χ0n) is 14.4. The molecule has 0 radical (unpaired) electrons. The van der Waals surface area contributed by atoms with E-state index in [-0.39, 0.29) is 0 Å². The van der Waals surface area contributed by atoms with Gasteiger partial charge >= 0.3 is 0 Å². The van der Waals surface area contributed by atoms with E-state index in [1.807, 2.05) is 23.7 Å². The van der Waals surface area contributed by atoms with Crippen LogP contribution in [-0.4, -0.2) is 9.55 Å². The summed E-state index contributed by atoms with van der Waals surface area (Å²) < 4.78 is 3.82. The maximum absolute atomic E-state index is 4.41. The topological polar surface area (TPSA) is 17.8 Å². The molecule has 0 bridgehead atoms. The highest BCUT2D eigenvalue weighted by Gasteiger charge is 2.19. The molecule has 6 rings (SSSR count). The molecule has 5 aromatic rings. The van der Waals surface area contributed by atoms with Gasteiger partial charge in [0.15, 0.2) is 0 Å². The normalized spacial score (nSPS) is 14.3. The number of benzene rings is 2. The molecule has 1 aliphatic rings. The number of hydrogen-bond donors (Lipinski definition) is 0. The van der Waals surface area contributed by atoms with Crippen molar-refractivity contribution in [3.63, 3.8) is 0 Å². The Labute approximate surface area is 155 Å². The first-order valence-corrected chi connectivity index (χ1v) is 10.1. The van der Waals surface area contributed by atoms with E-state index in [0.717, 1.165) is 0 Å². The lowest BCUT2D eigenvalue weighted by atomic mass is 9.96. The predicted octanol–water partition coefficient (Wildman–Crippen LogP) is 6.27. The second kappa shape index (κ2) is 5.42. The van der Waals surface area contributed by atoms with Crippen molar-refractivity contribution in [3.05, 3.63) is 71.4 Å². The van der Waals surface area contributed by atoms with Crippen LogP contribution < -0.4 is 0 Å². The van der Waals surface area contributed by atoms with Gasteiger partial charge in [0.25, 0.3) is 0 Å². The molecule has 3 aromatic heterocycles. The molecule has 2 nitrogen and oxygen atoms in total. The Hall–Kier alpha value is -2.65. The van der Waals surface area contributed by atoms with Crippen molar-refractivity contribution in [2.75, 3.05) is 0 Å². The largest absolute Gasteiger partial charge is 0.309 e. The van der Waals surface area contributed by atoms with Crippen LogP contribution in [0, 0.1) is 0 Å². The summed E-state index contributed by atoms with van der Waals surface area (Å²) in [6, 6.07) is 17.6. The fourth-order valence-electron chi connectivity index (χ4n) is 4.47. The van der Waals surface area contributed by atoms with Crippen molar-refractivity contribution in [3.8, 4) is 5.69 Å². The number of pyridine rings is 1. The Balaban J connectivity index is 1.79. The summed E-state index contributed by atoms with van der Waals surface area (Å²) in [5.74, 6) is 0. The molecule has 3 heteroatoms. The molecule has 2 aromatic carbocycles. The Bertz CT molecular complexity index is 1280. The number of nitrogens with zero attached hydrogens (tertiary/aromatic N) is 2. The molecule has 0 N–H and O–H groups in total. The van der Waals surface area contributed by atoms with Crippen molar-refractivity contribution in [1.82, 2.24) is 9.55 Å². The van der Waals surface area contributed by atoms with Gasteiger partial charge in [0, 0.05) is 38.4 Å². The van der Waals surface area contributed by atoms with Crippen molar-refractivity contribution in [1.29, 1.82) is 0 Å². The van der Waals surface area contributed by atoms with Crippen LogP contribution in [0.4, 0.5) is 0 Å². The van der Waals surface area contributed by atoms with E-state index in [1.54, 1.807) is 10.4 Å². The molecule has 126 valence electrons. The zero-order valence-corrected chi connectivity index (χ0v) is 15.2. The Kier molecular flexibility index (Phi) is 3.03. The minimum Gasteiger partial charge on any atom is -0.309 e. The minimum absolute atomic E-state index is 1.21. The van der Waals surface area contributed by atoms with Crippen LogP contribution >= 0.6 is 11.3 Å². The molecule has 3 heterocycles. The highest BCUT2D eigenvalue weighted by molar-refractivity contribution is 7.19. The third-order valence-corrected chi connectivity index (χ3v) is 6.91. The van der Waals surface area contributed by atoms with Gasteiger partial charge in [-0.2, -0.15) is 0 Å². The van der Waals surface area contributed by atoms with Crippen LogP contribution in [-0.2, 0) is 12.8 Å². The standard InChI is InChI=1S/C23H18N2S/c1-2-6-15(7-3-1)25-20-10-11-24-14-19(20)17-13-23-18(12-21(17)25)16-8-4-5-9-22(16)26-23/h1-3,6-7,10-14H,4-5,8-9H2. The summed E-state index contributed by atoms with van der Waals surface area (Å²) in [4.78, 5) is 6.01. The Morgan fingerprint density at radius 1 is 0.846 bits per heavy atom. The smallest absolute Gasteiger partial charge is 0.0571 e. The van der Waals surface area contributed by atoms with Crippen LogP contribution in [0.3, 0.4) is 0 Å². The Morgan fingerprint density at radius 2 is 1.73 bits per heavy atom. The molecule has 0 aliphatic heterocycles. The molecule has 0 spiro atoms. The molecule has 1 aliphatic carbocycles. The number of fused-ring (bicyclic) bond motifs is 6. The predicted molar refractivity (Wildman–Crippen MR) is 111 cm³/mol. The molecular formula is C23H18N2S. The molecule has 0 unspecified atom stereocenters. The van der Waals surface area contributed by atoms with Crippen LogP contribution in [0.1, 0.15) is 23.3 Å². The molecule has 0 atom stereocenters. The van der Waals surface area contributed by atoms with E-state index in [9.17, 15) is 0 Å². The Morgan fingerprint density at radius 3 is 2.65 bits per heavy atom. The minimum atomic E-state index is 1.21. The van der Waals surface area contributed by atoms with Gasteiger partial charge in [0.2, 0.25) is 0 Å². The summed E-state index contributed by atoms with van der Waals surface area (Å²) in [6.07, 6.45) is 9.04. The van der Waals surface area contributed by atoms with E-state index in [2.05, 4.69) is 58.1 Å². The fraction of sp³-hybridized carbons (Fsp3) is 0.174. The van der Waals surface area contributed by atoms with E-state index in [0.29, 0.717) is 0 Å². The maximum atomic E-state index is 4.41. The third kappa shape index (κ3) is 1.95. The van der Waals surface area contributed by atoms with E-state index in [4.69, 9.17) is 0 Å². The second-order valence-corrected chi connectivity index (χ2v) is 8.28. The van der Waals surface area contributed by atoms with E-state index >= 15 is 0 Å². The lowest BCUT2D eigenvalue weighted by Gasteiger charge is -2.11. The zero-order chi connectivity index (χ0) is 17.1. The average Bonchev–Trinajstić information content (AvgIpc) is 3.22. The van der Waals surface area contributed by atoms with Crippen molar-refractivity contribution >= 4 is 43.2 Å². The SMILES string of the molecule is c1ccc(-n2c3ccncc3c3cc4sc5c(c4cc32)CCCC5)cc1. The summed E-state index contributed by atoms with van der Waals surface area (Å²) in [7, 11) is 0. The monoisotopic (exact) mass is 354 g/mol. The number of hydrogen-bond acceptors (Lipinski definition) is 2. The van der Waals surface area contributed by atoms with Crippen molar-refractivity contribution < 1.29 is 0 Å². The van der Waals surface area contributed by atoms with E-state index in [1.165, 1.54) is 63.3 Å². The molecule has 0 saturated heterocycles. The first-order chi connectivity index (χ1) is 12.9. The highest BCUT2D eigenvalue weighted by Crippen LogP contribution is 2.41. The van der Waals surface area contributed by atoms with Gasteiger partial charge in [-0.25, -0.2) is 0 Å². The van der Waals surface area contributed by atoms with Crippen LogP contribution in [0.2, 0.25) is 0 Å². The summed E-state index contributed by atoms with van der Waals surface area (Å²) in [5, 5.41) is 4.01. The number of rotatable bonds is 1. The highest BCUT2D eigenvalue weighted by atomic mass is 32.1. The first-order valence-electron chi connectivity index (χ1n) is 9.28. The molecule has 0 amide bonds. The number of aromatic nitrogens is 2. The van der Waals surface area contributed by atoms with Crippen LogP contribution in [0.15, 0.2) is 60.9 Å². The molecule has 26 heavy (non-hydrogen) atoms. The number of aryl methyl sites for hydroxylation is 2. The van der Waals surface area contributed by atoms with Gasteiger partial charge in [-0.05, 0) is 67.0 Å². The summed E-state index contributed by atoms with van der Waals surface area (Å²) in [6.45, 7) is 0. The lowest BCUT2D eigenvalue weighted by molar-refractivity contribution is 0.700. The van der Waals surface area contributed by atoms with Crippen LogP contribution in [0.5, 0.6) is 0 Å². The maximum Gasteiger partial charge on any atom is 0.0571 e. The number of para-hydroxylation sites is 1. The van der Waals surface area contributed by atoms with Crippen molar-refractivity contribution in [2.45, 2.75) is 25.7 Å². The van der Waals surface area contributed by atoms with Gasteiger partial charge in [0.1, 0.15) is 0 Å². The molecular weight excluding hydrogens is 336 g/mol. The van der Waals surface area contributed by atoms with Crippen molar-refractivity contribution in [2.24, 2.45) is 0 Å². The quantitative estimate of drug-likeness (QED) is 0.347. The first kappa shape index (κ1) is 14.5. The second-order valence-electron chi connectivity index (χ2n) is 7.14. The van der Waals surface area contributed by atoms with Gasteiger partial charge in [-0.15, -0.1) is 11.3 Å². The summed E-state index contributed by atoms with van der Waals surface area (Å²) in [5.41, 5.74) is 5.33. The third-order valence-electron chi connectivity index (χ3n) is 5.66. The van der Waals surface area contributed by atoms with Gasteiger partial charge in [-0.1, -0.05) is 18.2 Å². The van der Waals surface area contributed by atoms with E-state index < -0.39 is 0 Å². The molecule has 0 fully saturated rings. The van der Waals surface area contributed by atoms with Gasteiger partial charge < -0.3 is 4.57 Å². The number of thiophene rings is 1. The fourth-order valence-corrected chi connectivity index (χ4v) is 5.79. The summed E-state index contributed by atoms with van der Waals surface area (Å²) >= 11 is 2.00.